The molecule has 0 aliphatic carbocycles. The molecule has 1 aromatic rings. The van der Waals surface area contributed by atoms with Crippen molar-refractivity contribution in [3.05, 3.63) is 0 Å². The van der Waals surface area contributed by atoms with Crippen molar-refractivity contribution in [2.45, 2.75) is 17.7 Å². The highest BCUT2D eigenvalue weighted by atomic mass is 32.2. The van der Waals surface area contributed by atoms with Crippen molar-refractivity contribution >= 4 is 32.4 Å². The van der Waals surface area contributed by atoms with Crippen LogP contribution in [0, 0.1) is 5.92 Å². The monoisotopic (exact) mass is 334 g/mol. The van der Waals surface area contributed by atoms with Crippen molar-refractivity contribution in [3.63, 3.8) is 0 Å². The molecule has 1 saturated heterocycles. The van der Waals surface area contributed by atoms with E-state index in [1.807, 2.05) is 11.9 Å². The molecule has 0 unspecified atom stereocenters. The highest BCUT2D eigenvalue weighted by Gasteiger charge is 2.30. The minimum Gasteiger partial charge on any atom is -0.382 e. The Morgan fingerprint density at radius 2 is 1.95 bits per heavy atom. The predicted molar refractivity (Wildman–Crippen MR) is 84.2 cm³/mol. The second kappa shape index (κ2) is 6.47. The first-order chi connectivity index (χ1) is 9.84. The van der Waals surface area contributed by atoms with Crippen LogP contribution in [0.4, 0.5) is 10.8 Å². The molecule has 0 aromatic carbocycles. The lowest BCUT2D eigenvalue weighted by atomic mass is 10.00. The number of sulfonamides is 1. The molecule has 2 rings (SSSR count). The summed E-state index contributed by atoms with van der Waals surface area (Å²) < 4.78 is 35.3. The maximum atomic E-state index is 12.4. The molecule has 0 amide bonds. The summed E-state index contributed by atoms with van der Waals surface area (Å²) in [4.78, 5) is 2.06. The number of aromatic nitrogens is 1. The van der Waals surface area contributed by atoms with Gasteiger partial charge in [-0.2, -0.15) is 4.37 Å². The number of nitrogen functional groups attached to an aromatic ring is 1. The molecule has 0 spiro atoms. The van der Waals surface area contributed by atoms with Gasteiger partial charge in [-0.3, -0.25) is 0 Å². The number of anilines is 2. The summed E-state index contributed by atoms with van der Waals surface area (Å²) in [5.74, 6) is 0.574. The Kier molecular flexibility index (Phi) is 5.07. The molecule has 2 heterocycles. The minimum absolute atomic E-state index is 0.0718. The summed E-state index contributed by atoms with van der Waals surface area (Å²) >= 11 is 1.13. The van der Waals surface area contributed by atoms with Gasteiger partial charge in [-0.05, 0) is 30.3 Å². The Balaban J connectivity index is 2.24. The van der Waals surface area contributed by atoms with Gasteiger partial charge < -0.3 is 15.4 Å². The van der Waals surface area contributed by atoms with E-state index in [1.165, 1.54) is 18.4 Å². The molecule has 120 valence electrons. The third-order valence-corrected chi connectivity index (χ3v) is 6.60. The second-order valence-electron chi connectivity index (χ2n) is 5.43. The molecule has 0 atom stereocenters. The van der Waals surface area contributed by atoms with Crippen molar-refractivity contribution in [2.24, 2.45) is 5.92 Å². The van der Waals surface area contributed by atoms with Gasteiger partial charge in [0.25, 0.3) is 0 Å². The standard InChI is InChI=1S/C12H22N4O3S2/c1-15(2)21(17,18)10-11(13)14-20-12(10)16(3)8-9-4-6-19-7-5-9/h9H,4-8H2,1-3H3,(H2,13,14). The molecular weight excluding hydrogens is 312 g/mol. The molecule has 21 heavy (non-hydrogen) atoms. The maximum Gasteiger partial charge on any atom is 0.249 e. The first-order valence-corrected chi connectivity index (χ1v) is 9.02. The summed E-state index contributed by atoms with van der Waals surface area (Å²) in [5.41, 5.74) is 5.78. The molecular formula is C12H22N4O3S2. The lowest BCUT2D eigenvalue weighted by Gasteiger charge is -2.28. The van der Waals surface area contributed by atoms with Crippen LogP contribution in [-0.4, -0.2) is 58.0 Å². The van der Waals surface area contributed by atoms with Crippen LogP contribution >= 0.6 is 11.5 Å². The van der Waals surface area contributed by atoms with E-state index in [2.05, 4.69) is 4.37 Å². The third-order valence-electron chi connectivity index (χ3n) is 3.62. The highest BCUT2D eigenvalue weighted by Crippen LogP contribution is 2.36. The van der Waals surface area contributed by atoms with Crippen molar-refractivity contribution in [3.8, 4) is 0 Å². The zero-order chi connectivity index (χ0) is 15.6. The van der Waals surface area contributed by atoms with E-state index in [4.69, 9.17) is 10.5 Å². The van der Waals surface area contributed by atoms with Gasteiger partial charge in [0.05, 0.1) is 0 Å². The first-order valence-electron chi connectivity index (χ1n) is 6.80. The van der Waals surface area contributed by atoms with Gasteiger partial charge in [0.1, 0.15) is 5.00 Å². The number of hydrogen-bond donors (Lipinski definition) is 1. The fourth-order valence-electron chi connectivity index (χ4n) is 2.35. The van der Waals surface area contributed by atoms with Crippen LogP contribution in [0.3, 0.4) is 0 Å². The van der Waals surface area contributed by atoms with Crippen molar-refractivity contribution in [1.82, 2.24) is 8.68 Å². The van der Waals surface area contributed by atoms with Crippen LogP contribution in [-0.2, 0) is 14.8 Å². The van der Waals surface area contributed by atoms with Crippen molar-refractivity contribution < 1.29 is 13.2 Å². The predicted octanol–water partition coefficient (Wildman–Crippen LogP) is 0.838. The Morgan fingerprint density at radius 3 is 2.52 bits per heavy atom. The topological polar surface area (TPSA) is 88.8 Å². The number of nitrogens with two attached hydrogens (primary N) is 1. The maximum absolute atomic E-state index is 12.4. The average Bonchev–Trinajstić information content (AvgIpc) is 2.82. The van der Waals surface area contributed by atoms with Crippen LogP contribution in [0.1, 0.15) is 12.8 Å². The molecule has 9 heteroatoms. The van der Waals surface area contributed by atoms with E-state index in [0.717, 1.165) is 44.1 Å². The molecule has 1 aliphatic heterocycles. The molecule has 1 aromatic heterocycles. The van der Waals surface area contributed by atoms with Crippen LogP contribution in [0.15, 0.2) is 4.90 Å². The zero-order valence-corrected chi connectivity index (χ0v) is 14.2. The summed E-state index contributed by atoms with van der Waals surface area (Å²) in [6.45, 7) is 2.32. The molecule has 1 aliphatic rings. The molecule has 2 N–H and O–H groups in total. The Morgan fingerprint density at radius 1 is 1.33 bits per heavy atom. The van der Waals surface area contributed by atoms with Crippen molar-refractivity contribution in [1.29, 1.82) is 0 Å². The molecule has 0 radical (unpaired) electrons. The smallest absolute Gasteiger partial charge is 0.249 e. The van der Waals surface area contributed by atoms with Gasteiger partial charge in [-0.25, -0.2) is 12.7 Å². The first kappa shape index (κ1) is 16.5. The normalized spacial score (nSPS) is 17.3. The number of hydrogen-bond acceptors (Lipinski definition) is 7. The summed E-state index contributed by atoms with van der Waals surface area (Å²) in [6.07, 6.45) is 1.99. The summed E-state index contributed by atoms with van der Waals surface area (Å²) in [6, 6.07) is 0. The van der Waals surface area contributed by atoms with E-state index >= 15 is 0 Å². The minimum atomic E-state index is -3.59. The van der Waals surface area contributed by atoms with Crippen molar-refractivity contribution in [2.75, 3.05) is 51.5 Å². The van der Waals surface area contributed by atoms with E-state index in [1.54, 1.807) is 0 Å². The van der Waals surface area contributed by atoms with Crippen LogP contribution in [0.25, 0.3) is 0 Å². The quantitative estimate of drug-likeness (QED) is 0.858. The molecule has 7 nitrogen and oxygen atoms in total. The van der Waals surface area contributed by atoms with E-state index in [0.29, 0.717) is 10.9 Å². The largest absolute Gasteiger partial charge is 0.382 e. The van der Waals surface area contributed by atoms with Gasteiger partial charge in [0, 0.05) is 40.9 Å². The van der Waals surface area contributed by atoms with Crippen LogP contribution < -0.4 is 10.6 Å². The Labute approximate surface area is 129 Å². The van der Waals surface area contributed by atoms with Gasteiger partial charge in [-0.1, -0.05) is 0 Å². The Hall–Kier alpha value is -0.900. The summed E-state index contributed by atoms with van der Waals surface area (Å²) in [7, 11) is 1.28. The van der Waals surface area contributed by atoms with Crippen LogP contribution in [0.2, 0.25) is 0 Å². The number of ether oxygens (including phenoxy) is 1. The summed E-state index contributed by atoms with van der Waals surface area (Å²) in [5, 5.41) is 0.604. The fourth-order valence-corrected chi connectivity index (χ4v) is 4.57. The van der Waals surface area contributed by atoms with E-state index in [9.17, 15) is 8.42 Å². The van der Waals surface area contributed by atoms with Gasteiger partial charge >= 0.3 is 0 Å². The average molecular weight is 334 g/mol. The molecule has 0 saturated carbocycles. The SMILES string of the molecule is CN(CC1CCOCC1)c1snc(N)c1S(=O)(=O)N(C)C. The lowest BCUT2D eigenvalue weighted by Crippen LogP contribution is -2.31. The highest BCUT2D eigenvalue weighted by molar-refractivity contribution is 7.89. The lowest BCUT2D eigenvalue weighted by molar-refractivity contribution is 0.0685. The van der Waals surface area contributed by atoms with Crippen LogP contribution in [0.5, 0.6) is 0 Å². The Bertz CT molecular complexity index is 579. The fraction of sp³-hybridized carbons (Fsp3) is 0.750. The van der Waals surface area contributed by atoms with Gasteiger partial charge in [0.2, 0.25) is 10.0 Å². The van der Waals surface area contributed by atoms with Gasteiger partial charge in [-0.15, -0.1) is 0 Å². The number of rotatable bonds is 5. The van der Waals surface area contributed by atoms with Gasteiger partial charge in [0.15, 0.2) is 10.7 Å². The number of nitrogens with zero attached hydrogens (tertiary/aromatic N) is 3. The second-order valence-corrected chi connectivity index (χ2v) is 8.27. The molecule has 0 bridgehead atoms. The third kappa shape index (κ3) is 3.47. The molecule has 1 fully saturated rings. The van der Waals surface area contributed by atoms with E-state index in [-0.39, 0.29) is 10.7 Å². The zero-order valence-electron chi connectivity index (χ0n) is 12.6. The van der Waals surface area contributed by atoms with E-state index < -0.39 is 10.0 Å².